The Morgan fingerprint density at radius 3 is 2.62 bits per heavy atom. The van der Waals surface area contributed by atoms with Crippen LogP contribution in [0.25, 0.3) is 10.8 Å². The molecule has 0 atom stereocenters. The van der Waals surface area contributed by atoms with Gasteiger partial charge < -0.3 is 0 Å². The van der Waals surface area contributed by atoms with Crippen LogP contribution >= 0.6 is 0 Å². The van der Waals surface area contributed by atoms with Crippen LogP contribution in [0, 0.1) is 11.2 Å². The highest BCUT2D eigenvalue weighted by molar-refractivity contribution is 6.64. The second kappa shape index (κ2) is 3.32. The van der Waals surface area contributed by atoms with Crippen LogP contribution in [0.1, 0.15) is 0 Å². The predicted molar refractivity (Wildman–Crippen MR) is 54.9 cm³/mol. The van der Waals surface area contributed by atoms with E-state index in [1.54, 1.807) is 7.28 Å². The lowest BCUT2D eigenvalue weighted by Crippen LogP contribution is -2.12. The maximum absolute atomic E-state index is 8.57. The van der Waals surface area contributed by atoms with E-state index in [1.807, 2.05) is 42.5 Å². The molecule has 0 aromatic heterocycles. The van der Waals surface area contributed by atoms with Crippen LogP contribution in [0.2, 0.25) is 0 Å². The predicted octanol–water partition coefficient (Wildman–Crippen LogP) is 1.65. The molecular formula is C11H7BN. The molecule has 0 N–H and O–H groups in total. The molecule has 13 heavy (non-hydrogen) atoms. The van der Waals surface area contributed by atoms with Gasteiger partial charge in [-0.05, 0) is 10.8 Å². The second-order valence-electron chi connectivity index (χ2n) is 2.84. The first-order chi connectivity index (χ1) is 6.42. The van der Waals surface area contributed by atoms with Crippen LogP contribution in [-0.2, 0) is 0 Å². The SMILES string of the molecule is N#C[B]c1cccc2ccccc12. The summed E-state index contributed by atoms with van der Waals surface area (Å²) < 4.78 is 0. The van der Waals surface area contributed by atoms with Crippen molar-refractivity contribution in [3.8, 4) is 5.97 Å². The van der Waals surface area contributed by atoms with Gasteiger partial charge in [-0.25, -0.2) is 5.26 Å². The van der Waals surface area contributed by atoms with Crippen LogP contribution in [0.4, 0.5) is 0 Å². The Balaban J connectivity index is 2.70. The van der Waals surface area contributed by atoms with E-state index in [1.165, 1.54) is 5.39 Å². The standard InChI is InChI=1S/C11H7BN/c13-8-12-11-7-3-5-9-4-1-2-6-10(9)11/h1-7H. The molecule has 0 amide bonds. The average Bonchev–Trinajstić information content (AvgIpc) is 2.19. The van der Waals surface area contributed by atoms with Crippen LogP contribution in [0.5, 0.6) is 0 Å². The smallest absolute Gasteiger partial charge is 0.213 e. The second-order valence-corrected chi connectivity index (χ2v) is 2.84. The van der Waals surface area contributed by atoms with Crippen LogP contribution in [-0.4, -0.2) is 7.28 Å². The Kier molecular flexibility index (Phi) is 2.02. The molecular weight excluding hydrogens is 157 g/mol. The molecule has 0 spiro atoms. The Bertz CT molecular complexity index is 465. The molecule has 1 radical (unpaired) electrons. The minimum atomic E-state index is 0.987. The van der Waals surface area contributed by atoms with Gasteiger partial charge in [-0.15, -0.1) is 0 Å². The summed E-state index contributed by atoms with van der Waals surface area (Å²) in [5.74, 6) is 2.05. The number of fused-ring (bicyclic) bond motifs is 1. The molecule has 0 aliphatic carbocycles. The van der Waals surface area contributed by atoms with E-state index in [2.05, 4.69) is 5.97 Å². The lowest BCUT2D eigenvalue weighted by atomic mass is 9.70. The van der Waals surface area contributed by atoms with E-state index in [0.717, 1.165) is 10.8 Å². The van der Waals surface area contributed by atoms with Gasteiger partial charge in [-0.3, -0.25) is 0 Å². The normalized spacial score (nSPS) is 9.46. The van der Waals surface area contributed by atoms with Gasteiger partial charge in [0.2, 0.25) is 0 Å². The molecule has 2 heteroatoms. The van der Waals surface area contributed by atoms with Gasteiger partial charge in [0, 0.05) is 5.97 Å². The monoisotopic (exact) mass is 164 g/mol. The molecule has 0 saturated carbocycles. The summed E-state index contributed by atoms with van der Waals surface area (Å²) in [6.07, 6.45) is 0. The highest BCUT2D eigenvalue weighted by Gasteiger charge is 1.99. The third-order valence-corrected chi connectivity index (χ3v) is 2.04. The van der Waals surface area contributed by atoms with Gasteiger partial charge in [-0.2, -0.15) is 0 Å². The summed E-state index contributed by atoms with van der Waals surface area (Å²) >= 11 is 0. The first-order valence-electron chi connectivity index (χ1n) is 4.12. The summed E-state index contributed by atoms with van der Waals surface area (Å²) in [7, 11) is 1.57. The molecule has 59 valence electrons. The summed E-state index contributed by atoms with van der Waals surface area (Å²) in [5, 5.41) is 10.9. The number of rotatable bonds is 1. The van der Waals surface area contributed by atoms with Crippen LogP contribution < -0.4 is 5.46 Å². The van der Waals surface area contributed by atoms with Crippen LogP contribution in [0.3, 0.4) is 0 Å². The highest BCUT2D eigenvalue weighted by Crippen LogP contribution is 2.09. The van der Waals surface area contributed by atoms with Gasteiger partial charge >= 0.3 is 0 Å². The van der Waals surface area contributed by atoms with Gasteiger partial charge in [0.15, 0.2) is 0 Å². The molecule has 2 aromatic rings. The van der Waals surface area contributed by atoms with Crippen molar-refractivity contribution < 1.29 is 0 Å². The Labute approximate surface area is 77.9 Å². The number of benzene rings is 2. The third kappa shape index (κ3) is 1.41. The van der Waals surface area contributed by atoms with E-state index < -0.39 is 0 Å². The summed E-state index contributed by atoms with van der Waals surface area (Å²) in [6.45, 7) is 0. The molecule has 0 unspecified atom stereocenters. The largest absolute Gasteiger partial charge is 0.292 e. The quantitative estimate of drug-likeness (QED) is 0.587. The number of nitrogens with zero attached hydrogens (tertiary/aromatic N) is 1. The van der Waals surface area contributed by atoms with E-state index in [-0.39, 0.29) is 0 Å². The van der Waals surface area contributed by atoms with Gasteiger partial charge in [0.1, 0.15) is 0 Å². The van der Waals surface area contributed by atoms with Crippen molar-refractivity contribution in [2.75, 3.05) is 0 Å². The fourth-order valence-corrected chi connectivity index (χ4v) is 1.45. The number of nitriles is 1. The maximum atomic E-state index is 8.57. The fraction of sp³-hybridized carbons (Fsp3) is 0. The van der Waals surface area contributed by atoms with Gasteiger partial charge in [-0.1, -0.05) is 47.9 Å². The Morgan fingerprint density at radius 1 is 1.00 bits per heavy atom. The topological polar surface area (TPSA) is 23.8 Å². The molecule has 0 bridgehead atoms. The first-order valence-corrected chi connectivity index (χ1v) is 4.12. The maximum Gasteiger partial charge on any atom is 0.292 e. The first kappa shape index (κ1) is 7.88. The number of hydrogen-bond donors (Lipinski definition) is 0. The molecule has 0 saturated heterocycles. The van der Waals surface area contributed by atoms with Crippen molar-refractivity contribution in [2.45, 2.75) is 0 Å². The minimum absolute atomic E-state index is 0.987. The lowest BCUT2D eigenvalue weighted by Gasteiger charge is -2.00. The Morgan fingerprint density at radius 2 is 1.77 bits per heavy atom. The average molecular weight is 164 g/mol. The molecule has 0 heterocycles. The van der Waals surface area contributed by atoms with Crippen molar-refractivity contribution in [3.05, 3.63) is 42.5 Å². The zero-order valence-electron chi connectivity index (χ0n) is 7.07. The van der Waals surface area contributed by atoms with Crippen LogP contribution in [0.15, 0.2) is 42.5 Å². The molecule has 0 fully saturated rings. The summed E-state index contributed by atoms with van der Waals surface area (Å²) in [6, 6.07) is 14.0. The summed E-state index contributed by atoms with van der Waals surface area (Å²) in [5.41, 5.74) is 0.987. The zero-order chi connectivity index (χ0) is 9.10. The fourth-order valence-electron chi connectivity index (χ4n) is 1.45. The van der Waals surface area contributed by atoms with Gasteiger partial charge in [0.25, 0.3) is 7.28 Å². The summed E-state index contributed by atoms with van der Waals surface area (Å²) in [4.78, 5) is 0. The van der Waals surface area contributed by atoms with Crippen molar-refractivity contribution in [1.82, 2.24) is 0 Å². The molecule has 2 aromatic carbocycles. The molecule has 2 rings (SSSR count). The third-order valence-electron chi connectivity index (χ3n) is 2.04. The van der Waals surface area contributed by atoms with Crippen molar-refractivity contribution in [1.29, 1.82) is 5.26 Å². The Hall–Kier alpha value is -1.75. The lowest BCUT2D eigenvalue weighted by molar-refractivity contribution is 1.56. The van der Waals surface area contributed by atoms with E-state index in [4.69, 9.17) is 5.26 Å². The van der Waals surface area contributed by atoms with Crippen molar-refractivity contribution >= 4 is 23.5 Å². The van der Waals surface area contributed by atoms with Crippen molar-refractivity contribution in [3.63, 3.8) is 0 Å². The minimum Gasteiger partial charge on any atom is -0.213 e. The molecule has 0 aliphatic heterocycles. The number of hydrogen-bond acceptors (Lipinski definition) is 1. The zero-order valence-corrected chi connectivity index (χ0v) is 7.07. The van der Waals surface area contributed by atoms with Gasteiger partial charge in [0.05, 0.1) is 0 Å². The van der Waals surface area contributed by atoms with E-state index >= 15 is 0 Å². The molecule has 0 aliphatic rings. The van der Waals surface area contributed by atoms with E-state index in [0.29, 0.717) is 0 Å². The molecule has 1 nitrogen and oxygen atoms in total. The van der Waals surface area contributed by atoms with E-state index in [9.17, 15) is 0 Å². The highest BCUT2D eigenvalue weighted by atomic mass is 14.2. The van der Waals surface area contributed by atoms with Crippen molar-refractivity contribution in [2.24, 2.45) is 0 Å².